The summed E-state index contributed by atoms with van der Waals surface area (Å²) in [4.78, 5) is 16.8. The van der Waals surface area contributed by atoms with Gasteiger partial charge in [0.15, 0.2) is 0 Å². The lowest BCUT2D eigenvalue weighted by atomic mass is 10.1. The molecule has 0 radical (unpaired) electrons. The summed E-state index contributed by atoms with van der Waals surface area (Å²) >= 11 is 0. The van der Waals surface area contributed by atoms with Gasteiger partial charge in [0.2, 0.25) is 5.91 Å². The van der Waals surface area contributed by atoms with Crippen molar-refractivity contribution >= 4 is 18.3 Å². The molecule has 1 unspecified atom stereocenters. The van der Waals surface area contributed by atoms with Crippen molar-refractivity contribution in [2.75, 3.05) is 53.0 Å². The number of piperazine rings is 1. The molecule has 3 rings (SSSR count). The number of hydrogen-bond donors (Lipinski definition) is 1. The fraction of sp³-hybridized carbons (Fsp3) is 0.650. The number of ether oxygens (including phenoxy) is 2. The maximum Gasteiger partial charge on any atom is 0.223 e. The van der Waals surface area contributed by atoms with Gasteiger partial charge >= 0.3 is 0 Å². The fourth-order valence-corrected chi connectivity index (χ4v) is 3.67. The summed E-state index contributed by atoms with van der Waals surface area (Å²) < 4.78 is 11.2. The Morgan fingerprint density at radius 1 is 1.37 bits per heavy atom. The van der Waals surface area contributed by atoms with E-state index in [-0.39, 0.29) is 24.4 Å². The Bertz CT molecular complexity index is 575. The van der Waals surface area contributed by atoms with Gasteiger partial charge in [-0.05, 0) is 30.5 Å². The lowest BCUT2D eigenvalue weighted by Gasteiger charge is -2.29. The fourth-order valence-electron chi connectivity index (χ4n) is 3.67. The average Bonchev–Trinajstić information content (AvgIpc) is 3.20. The second kappa shape index (κ2) is 11.5. The van der Waals surface area contributed by atoms with Crippen LogP contribution in [0.1, 0.15) is 24.8 Å². The Balaban J connectivity index is 0.00000261. The number of nitrogens with zero attached hydrogens (tertiary/aromatic N) is 2. The molecule has 2 heterocycles. The molecule has 1 atom stereocenters. The minimum absolute atomic E-state index is 0. The van der Waals surface area contributed by atoms with Crippen LogP contribution in [0.15, 0.2) is 24.3 Å². The Labute approximate surface area is 168 Å². The molecule has 0 spiro atoms. The van der Waals surface area contributed by atoms with Gasteiger partial charge in [-0.15, -0.1) is 12.4 Å². The van der Waals surface area contributed by atoms with Crippen molar-refractivity contribution in [1.82, 2.24) is 15.1 Å². The number of hydrogen-bond acceptors (Lipinski definition) is 5. The Kier molecular flexibility index (Phi) is 9.34. The molecule has 6 nitrogen and oxygen atoms in total. The third-order valence-electron chi connectivity index (χ3n) is 5.14. The lowest BCUT2D eigenvalue weighted by Crippen LogP contribution is -2.47. The first kappa shape index (κ1) is 22.0. The minimum atomic E-state index is 0. The van der Waals surface area contributed by atoms with Crippen molar-refractivity contribution in [3.8, 4) is 5.75 Å². The van der Waals surface area contributed by atoms with Gasteiger partial charge in [0.25, 0.3) is 0 Å². The first-order valence-electron chi connectivity index (χ1n) is 9.70. The summed E-state index contributed by atoms with van der Waals surface area (Å²) in [6, 6.07) is 8.16. The quantitative estimate of drug-likeness (QED) is 0.726. The highest BCUT2D eigenvalue weighted by atomic mass is 35.5. The van der Waals surface area contributed by atoms with E-state index in [9.17, 15) is 4.79 Å². The zero-order valence-electron chi connectivity index (χ0n) is 16.2. The second-order valence-electron chi connectivity index (χ2n) is 7.10. The summed E-state index contributed by atoms with van der Waals surface area (Å²) in [5.74, 6) is 1.13. The molecule has 2 saturated heterocycles. The van der Waals surface area contributed by atoms with Gasteiger partial charge < -0.3 is 19.7 Å². The number of nitrogens with one attached hydrogen (secondary N) is 1. The lowest BCUT2D eigenvalue weighted by molar-refractivity contribution is -0.132. The first-order chi connectivity index (χ1) is 12.7. The number of carbonyl (C=O) groups is 1. The predicted octanol–water partition coefficient (Wildman–Crippen LogP) is 1.92. The van der Waals surface area contributed by atoms with Gasteiger partial charge in [0.1, 0.15) is 5.75 Å². The van der Waals surface area contributed by atoms with Crippen molar-refractivity contribution in [1.29, 1.82) is 0 Å². The first-order valence-corrected chi connectivity index (χ1v) is 9.70. The van der Waals surface area contributed by atoms with E-state index >= 15 is 0 Å². The van der Waals surface area contributed by atoms with Crippen molar-refractivity contribution in [2.24, 2.45) is 0 Å². The summed E-state index contributed by atoms with van der Waals surface area (Å²) in [5.41, 5.74) is 1.21. The molecule has 2 fully saturated rings. The molecule has 27 heavy (non-hydrogen) atoms. The molecular weight excluding hydrogens is 366 g/mol. The highest BCUT2D eigenvalue weighted by Crippen LogP contribution is 2.18. The van der Waals surface area contributed by atoms with Crippen LogP contribution < -0.4 is 10.1 Å². The van der Waals surface area contributed by atoms with Crippen LogP contribution in [-0.4, -0.2) is 74.8 Å². The van der Waals surface area contributed by atoms with E-state index in [1.165, 1.54) is 5.56 Å². The Hall–Kier alpha value is -1.34. The molecule has 0 aliphatic carbocycles. The number of halogens is 1. The Morgan fingerprint density at radius 3 is 2.89 bits per heavy atom. The van der Waals surface area contributed by atoms with Crippen LogP contribution in [0.25, 0.3) is 0 Å². The smallest absolute Gasteiger partial charge is 0.223 e. The van der Waals surface area contributed by atoms with Crippen LogP contribution >= 0.6 is 12.4 Å². The predicted molar refractivity (Wildman–Crippen MR) is 109 cm³/mol. The van der Waals surface area contributed by atoms with Gasteiger partial charge in [-0.25, -0.2) is 0 Å². The number of amides is 1. The molecule has 0 aromatic heterocycles. The molecule has 1 aromatic rings. The molecular formula is C20H32ClN3O3. The largest absolute Gasteiger partial charge is 0.497 e. The van der Waals surface area contributed by atoms with Crippen LogP contribution in [0.2, 0.25) is 0 Å². The second-order valence-corrected chi connectivity index (χ2v) is 7.10. The molecule has 2 aliphatic heterocycles. The van der Waals surface area contributed by atoms with Crippen molar-refractivity contribution < 1.29 is 14.3 Å². The third-order valence-corrected chi connectivity index (χ3v) is 5.14. The van der Waals surface area contributed by atoms with Gasteiger partial charge in [0, 0.05) is 58.8 Å². The molecule has 2 aliphatic rings. The van der Waals surface area contributed by atoms with Crippen LogP contribution in [0, 0.1) is 0 Å². The highest BCUT2D eigenvalue weighted by molar-refractivity contribution is 5.85. The summed E-state index contributed by atoms with van der Waals surface area (Å²) in [6.45, 7) is 6.75. The van der Waals surface area contributed by atoms with E-state index in [2.05, 4.69) is 22.3 Å². The highest BCUT2D eigenvalue weighted by Gasteiger charge is 2.22. The van der Waals surface area contributed by atoms with Gasteiger partial charge in [0.05, 0.1) is 13.2 Å². The summed E-state index contributed by atoms with van der Waals surface area (Å²) in [5, 5.41) is 3.29. The molecule has 1 aromatic carbocycles. The van der Waals surface area contributed by atoms with Gasteiger partial charge in [-0.1, -0.05) is 12.1 Å². The SMILES string of the molecule is COc1cccc(CN(CCC(=O)N2CCNCC2)CC2CCCO2)c1.Cl. The third kappa shape index (κ3) is 6.96. The molecule has 1 amide bonds. The number of benzene rings is 1. The standard InChI is InChI=1S/C20H31N3O3.ClH/c1-25-18-5-2-4-17(14-18)15-22(16-19-6-3-13-26-19)10-7-20(24)23-11-8-21-9-12-23;/h2,4-5,14,19,21H,3,6-13,15-16H2,1H3;1H. The van der Waals surface area contributed by atoms with Crippen molar-refractivity contribution in [3.63, 3.8) is 0 Å². The zero-order chi connectivity index (χ0) is 18.2. The van der Waals surface area contributed by atoms with E-state index in [4.69, 9.17) is 9.47 Å². The van der Waals surface area contributed by atoms with Crippen LogP contribution in [0.4, 0.5) is 0 Å². The number of methoxy groups -OCH3 is 1. The van der Waals surface area contributed by atoms with E-state index < -0.39 is 0 Å². The monoisotopic (exact) mass is 397 g/mol. The van der Waals surface area contributed by atoms with Crippen LogP contribution in [0.5, 0.6) is 5.75 Å². The van der Waals surface area contributed by atoms with E-state index in [0.29, 0.717) is 6.42 Å². The maximum atomic E-state index is 12.5. The molecule has 152 valence electrons. The summed E-state index contributed by atoms with van der Waals surface area (Å²) in [7, 11) is 1.69. The average molecular weight is 398 g/mol. The summed E-state index contributed by atoms with van der Waals surface area (Å²) in [6.07, 6.45) is 3.10. The van der Waals surface area contributed by atoms with Crippen molar-refractivity contribution in [2.45, 2.75) is 31.9 Å². The van der Waals surface area contributed by atoms with Gasteiger partial charge in [-0.3, -0.25) is 9.69 Å². The molecule has 0 saturated carbocycles. The normalized spacial score (nSPS) is 19.8. The van der Waals surface area contributed by atoms with E-state index in [0.717, 1.165) is 71.0 Å². The topological polar surface area (TPSA) is 54.0 Å². The molecule has 0 bridgehead atoms. The molecule has 1 N–H and O–H groups in total. The number of carbonyl (C=O) groups excluding carboxylic acids is 1. The van der Waals surface area contributed by atoms with E-state index in [1.54, 1.807) is 7.11 Å². The van der Waals surface area contributed by atoms with Crippen LogP contribution in [0.3, 0.4) is 0 Å². The maximum absolute atomic E-state index is 12.5. The minimum Gasteiger partial charge on any atom is -0.497 e. The molecule has 7 heteroatoms. The Morgan fingerprint density at radius 2 is 2.19 bits per heavy atom. The number of rotatable bonds is 8. The zero-order valence-corrected chi connectivity index (χ0v) is 17.0. The van der Waals surface area contributed by atoms with Crippen LogP contribution in [-0.2, 0) is 16.1 Å². The van der Waals surface area contributed by atoms with E-state index in [1.807, 2.05) is 17.0 Å². The van der Waals surface area contributed by atoms with Gasteiger partial charge in [-0.2, -0.15) is 0 Å². The van der Waals surface area contributed by atoms with Crippen molar-refractivity contribution in [3.05, 3.63) is 29.8 Å².